The molecule has 2 heterocycles. The van der Waals surface area contributed by atoms with E-state index < -0.39 is 5.60 Å². The Labute approximate surface area is 186 Å². The van der Waals surface area contributed by atoms with Crippen molar-refractivity contribution in [3.05, 3.63) is 60.4 Å². The molecule has 1 saturated carbocycles. The van der Waals surface area contributed by atoms with Crippen molar-refractivity contribution in [2.45, 2.75) is 65.2 Å². The minimum absolute atomic E-state index is 0.183. The number of carbonyl (C=O) groups is 1. The number of hydrogen-bond acceptors (Lipinski definition) is 3. The fourth-order valence-electron chi connectivity index (χ4n) is 4.93. The average Bonchev–Trinajstić information content (AvgIpc) is 2.68. The van der Waals surface area contributed by atoms with E-state index in [1.807, 2.05) is 31.7 Å². The Kier molecular flexibility index (Phi) is 5.96. The van der Waals surface area contributed by atoms with Gasteiger partial charge in [-0.2, -0.15) is 0 Å². The first-order chi connectivity index (χ1) is 14.7. The third kappa shape index (κ3) is 5.38. The number of likely N-dealkylation sites (tertiary alicyclic amines) is 1. The van der Waals surface area contributed by atoms with Gasteiger partial charge in [-0.1, -0.05) is 37.3 Å². The molecule has 1 aromatic carbocycles. The summed E-state index contributed by atoms with van der Waals surface area (Å²) < 4.78 is 14.0. The van der Waals surface area contributed by atoms with Gasteiger partial charge >= 0.3 is 6.09 Å². The van der Waals surface area contributed by atoms with Crippen LogP contribution in [0.2, 0.25) is 0 Å². The zero-order valence-electron chi connectivity index (χ0n) is 19.2. The zero-order valence-corrected chi connectivity index (χ0v) is 19.2. The lowest BCUT2D eigenvalue weighted by molar-refractivity contribution is -0.688. The molecule has 0 unspecified atom stereocenters. The van der Waals surface area contributed by atoms with E-state index in [2.05, 4.69) is 60.3 Å². The Morgan fingerprint density at radius 3 is 2.42 bits per heavy atom. The minimum Gasteiger partial charge on any atom is -0.490 e. The molecule has 0 N–H and O–H groups in total. The van der Waals surface area contributed by atoms with E-state index in [1.165, 1.54) is 5.56 Å². The molecule has 2 aliphatic rings. The van der Waals surface area contributed by atoms with Crippen LogP contribution in [0.1, 0.15) is 52.5 Å². The number of ether oxygens (including phenoxy) is 2. The summed E-state index contributed by atoms with van der Waals surface area (Å²) in [5, 5.41) is 0. The second-order valence-electron chi connectivity index (χ2n) is 10.4. The molecular formula is C26H35N2O3+. The van der Waals surface area contributed by atoms with Crippen LogP contribution in [0.5, 0.6) is 5.75 Å². The Bertz CT molecular complexity index is 883. The van der Waals surface area contributed by atoms with Gasteiger partial charge in [-0.3, -0.25) is 0 Å². The molecule has 1 aromatic heterocycles. The summed E-state index contributed by atoms with van der Waals surface area (Å²) in [4.78, 5) is 14.1. The highest BCUT2D eigenvalue weighted by Crippen LogP contribution is 2.47. The molecule has 1 aliphatic heterocycles. The molecule has 1 aliphatic carbocycles. The summed E-state index contributed by atoms with van der Waals surface area (Å²) in [6.07, 6.45) is 7.44. The van der Waals surface area contributed by atoms with Crippen LogP contribution in [0.3, 0.4) is 0 Å². The van der Waals surface area contributed by atoms with E-state index in [0.29, 0.717) is 5.92 Å². The number of nitrogens with zero attached hydrogens (tertiary/aromatic N) is 2. The van der Waals surface area contributed by atoms with Crippen LogP contribution in [-0.2, 0) is 11.3 Å². The first-order valence-electron chi connectivity index (χ1n) is 11.4. The molecule has 5 heteroatoms. The molecule has 0 bridgehead atoms. The second kappa shape index (κ2) is 8.52. The van der Waals surface area contributed by atoms with Crippen LogP contribution < -0.4 is 9.30 Å². The number of benzene rings is 1. The minimum atomic E-state index is -0.437. The van der Waals surface area contributed by atoms with Crippen molar-refractivity contribution in [3.63, 3.8) is 0 Å². The molecular weight excluding hydrogens is 388 g/mol. The average molecular weight is 424 g/mol. The lowest BCUT2D eigenvalue weighted by Crippen LogP contribution is -2.61. The molecule has 2 fully saturated rings. The third-order valence-electron chi connectivity index (χ3n) is 6.41. The highest BCUT2D eigenvalue weighted by atomic mass is 16.6. The lowest BCUT2D eigenvalue weighted by Gasteiger charge is -2.54. The maximum absolute atomic E-state index is 12.3. The van der Waals surface area contributed by atoms with Gasteiger partial charge in [-0.05, 0) is 46.0 Å². The van der Waals surface area contributed by atoms with Crippen LogP contribution >= 0.6 is 0 Å². The third-order valence-corrected chi connectivity index (χ3v) is 6.41. The first kappa shape index (κ1) is 21.7. The van der Waals surface area contributed by atoms with Gasteiger partial charge in [0.2, 0.25) is 0 Å². The Morgan fingerprint density at radius 1 is 1.13 bits per heavy atom. The molecule has 1 amide bonds. The summed E-state index contributed by atoms with van der Waals surface area (Å²) >= 11 is 0. The summed E-state index contributed by atoms with van der Waals surface area (Å²) in [5.41, 5.74) is 1.09. The number of pyridine rings is 1. The van der Waals surface area contributed by atoms with Crippen LogP contribution in [0, 0.1) is 11.3 Å². The molecule has 0 radical (unpaired) electrons. The van der Waals surface area contributed by atoms with Crippen molar-refractivity contribution in [1.82, 2.24) is 4.90 Å². The lowest BCUT2D eigenvalue weighted by atomic mass is 9.64. The van der Waals surface area contributed by atoms with Gasteiger partial charge in [0.15, 0.2) is 18.9 Å². The molecule has 1 saturated heterocycles. The highest BCUT2D eigenvalue weighted by Gasteiger charge is 2.50. The van der Waals surface area contributed by atoms with Gasteiger partial charge in [0.1, 0.15) is 17.5 Å². The number of hydrogen-bond donors (Lipinski definition) is 0. The normalized spacial score (nSPS) is 22.6. The SMILES string of the molecule is C[C@@H]1CC2(CC[C@@H]1Oc1cc[n+](Cc3ccccc3)cc1)CN(C(=O)OC(C)(C)C)C2. The summed E-state index contributed by atoms with van der Waals surface area (Å²) in [7, 11) is 0. The van der Waals surface area contributed by atoms with E-state index in [-0.39, 0.29) is 17.6 Å². The van der Waals surface area contributed by atoms with E-state index >= 15 is 0 Å². The maximum Gasteiger partial charge on any atom is 0.410 e. The fraction of sp³-hybridized carbons (Fsp3) is 0.538. The summed E-state index contributed by atoms with van der Waals surface area (Å²) in [6.45, 7) is 10.5. The zero-order chi connectivity index (χ0) is 22.1. The topological polar surface area (TPSA) is 42.7 Å². The van der Waals surface area contributed by atoms with Gasteiger partial charge in [0.05, 0.1) is 0 Å². The Balaban J connectivity index is 1.27. The summed E-state index contributed by atoms with van der Waals surface area (Å²) in [5.74, 6) is 1.40. The molecule has 4 rings (SSSR count). The standard InChI is InChI=1S/C26H35N2O3/c1-20-16-26(18-28(19-26)24(29)31-25(2,3)4)13-10-23(20)30-22-11-14-27(15-12-22)17-21-8-6-5-7-9-21/h5-9,11-12,14-15,20,23H,10,13,16-19H2,1-4H3/q+1/t20-,23+/m1/s1. The van der Waals surface area contributed by atoms with E-state index in [4.69, 9.17) is 9.47 Å². The monoisotopic (exact) mass is 423 g/mol. The molecule has 166 valence electrons. The molecule has 2 aromatic rings. The number of rotatable bonds is 4. The smallest absolute Gasteiger partial charge is 0.410 e. The largest absolute Gasteiger partial charge is 0.490 e. The predicted molar refractivity (Wildman–Crippen MR) is 120 cm³/mol. The Hall–Kier alpha value is -2.56. The van der Waals surface area contributed by atoms with Gasteiger partial charge < -0.3 is 14.4 Å². The van der Waals surface area contributed by atoms with Crippen LogP contribution in [0.25, 0.3) is 0 Å². The van der Waals surface area contributed by atoms with Crippen molar-refractivity contribution < 1.29 is 18.8 Å². The number of carbonyl (C=O) groups excluding carboxylic acids is 1. The van der Waals surface area contributed by atoms with Crippen molar-refractivity contribution >= 4 is 6.09 Å². The van der Waals surface area contributed by atoms with Crippen molar-refractivity contribution in [2.24, 2.45) is 11.3 Å². The number of aromatic nitrogens is 1. The fourth-order valence-corrected chi connectivity index (χ4v) is 4.93. The first-order valence-corrected chi connectivity index (χ1v) is 11.4. The summed E-state index contributed by atoms with van der Waals surface area (Å²) in [6, 6.07) is 14.6. The van der Waals surface area contributed by atoms with Crippen LogP contribution in [0.15, 0.2) is 54.9 Å². The van der Waals surface area contributed by atoms with Crippen molar-refractivity contribution in [1.29, 1.82) is 0 Å². The predicted octanol–water partition coefficient (Wildman–Crippen LogP) is 4.83. The van der Waals surface area contributed by atoms with Crippen molar-refractivity contribution in [3.8, 4) is 5.75 Å². The molecule has 5 nitrogen and oxygen atoms in total. The van der Waals surface area contributed by atoms with Gasteiger partial charge in [-0.25, -0.2) is 9.36 Å². The second-order valence-corrected chi connectivity index (χ2v) is 10.4. The molecule has 31 heavy (non-hydrogen) atoms. The van der Waals surface area contributed by atoms with E-state index in [9.17, 15) is 4.79 Å². The van der Waals surface area contributed by atoms with E-state index in [0.717, 1.165) is 44.6 Å². The van der Waals surface area contributed by atoms with Gasteiger partial charge in [0, 0.05) is 36.2 Å². The highest BCUT2D eigenvalue weighted by molar-refractivity contribution is 5.69. The van der Waals surface area contributed by atoms with Gasteiger partial charge in [-0.15, -0.1) is 0 Å². The van der Waals surface area contributed by atoms with Crippen molar-refractivity contribution in [2.75, 3.05) is 13.1 Å². The molecule has 2 atom stereocenters. The van der Waals surface area contributed by atoms with Gasteiger partial charge in [0.25, 0.3) is 0 Å². The maximum atomic E-state index is 12.3. The quantitative estimate of drug-likeness (QED) is 0.662. The number of amides is 1. The van der Waals surface area contributed by atoms with Crippen LogP contribution in [-0.4, -0.2) is 35.8 Å². The Morgan fingerprint density at radius 2 is 1.81 bits per heavy atom. The van der Waals surface area contributed by atoms with E-state index in [1.54, 1.807) is 0 Å². The van der Waals surface area contributed by atoms with Crippen LogP contribution in [0.4, 0.5) is 4.79 Å². The molecule has 1 spiro atoms.